The van der Waals surface area contributed by atoms with Crippen LogP contribution < -0.4 is 5.73 Å². The molecule has 0 saturated heterocycles. The topological polar surface area (TPSA) is 65.2 Å². The number of rotatable bonds is 4. The van der Waals surface area contributed by atoms with Crippen LogP contribution in [0.5, 0.6) is 0 Å². The summed E-state index contributed by atoms with van der Waals surface area (Å²) >= 11 is 0. The molecule has 0 aliphatic carbocycles. The molecule has 2 rings (SSSR count). The van der Waals surface area contributed by atoms with Gasteiger partial charge in [0.1, 0.15) is 6.04 Å². The highest BCUT2D eigenvalue weighted by Crippen LogP contribution is 2.15. The van der Waals surface area contributed by atoms with Crippen LogP contribution in [0.1, 0.15) is 18.2 Å². The SMILES string of the molecule is CCOC(=O)C(N)Cc1ccc2nc(C)ccc2c1. The number of carbonyl (C=O) groups is 1. The molecule has 0 saturated carbocycles. The molecule has 4 heteroatoms. The molecule has 2 aromatic rings. The third-order valence-corrected chi connectivity index (χ3v) is 2.94. The molecule has 19 heavy (non-hydrogen) atoms. The zero-order valence-corrected chi connectivity index (χ0v) is 11.2. The van der Waals surface area contributed by atoms with Gasteiger partial charge in [0.2, 0.25) is 0 Å². The van der Waals surface area contributed by atoms with Crippen LogP contribution in [-0.4, -0.2) is 23.6 Å². The maximum atomic E-state index is 11.5. The number of nitrogens with two attached hydrogens (primary N) is 1. The first kappa shape index (κ1) is 13.5. The van der Waals surface area contributed by atoms with Crippen LogP contribution in [0.3, 0.4) is 0 Å². The fraction of sp³-hybridized carbons (Fsp3) is 0.333. The van der Waals surface area contributed by atoms with Crippen molar-refractivity contribution in [2.24, 2.45) is 5.73 Å². The number of pyridine rings is 1. The maximum absolute atomic E-state index is 11.5. The largest absolute Gasteiger partial charge is 0.465 e. The molecule has 0 amide bonds. The van der Waals surface area contributed by atoms with Crippen LogP contribution >= 0.6 is 0 Å². The van der Waals surface area contributed by atoms with Crippen molar-refractivity contribution in [1.29, 1.82) is 0 Å². The van der Waals surface area contributed by atoms with Gasteiger partial charge in [-0.05, 0) is 44.0 Å². The molecule has 1 heterocycles. The lowest BCUT2D eigenvalue weighted by Gasteiger charge is -2.11. The predicted molar refractivity (Wildman–Crippen MR) is 74.8 cm³/mol. The van der Waals surface area contributed by atoms with Crippen LogP contribution in [0, 0.1) is 6.92 Å². The first-order valence-corrected chi connectivity index (χ1v) is 6.38. The fourth-order valence-electron chi connectivity index (χ4n) is 1.99. The number of aryl methyl sites for hydroxylation is 1. The van der Waals surface area contributed by atoms with Crippen molar-refractivity contribution in [2.75, 3.05) is 6.61 Å². The molecule has 1 aromatic carbocycles. The number of carbonyl (C=O) groups excluding carboxylic acids is 1. The molecule has 0 spiro atoms. The summed E-state index contributed by atoms with van der Waals surface area (Å²) in [4.78, 5) is 15.9. The Morgan fingerprint density at radius 2 is 2.16 bits per heavy atom. The van der Waals surface area contributed by atoms with E-state index in [0.29, 0.717) is 13.0 Å². The Balaban J connectivity index is 2.17. The molecule has 0 bridgehead atoms. The van der Waals surface area contributed by atoms with Crippen molar-refractivity contribution in [3.63, 3.8) is 0 Å². The molecule has 0 radical (unpaired) electrons. The van der Waals surface area contributed by atoms with E-state index in [0.717, 1.165) is 22.2 Å². The predicted octanol–water partition coefficient (Wildman–Crippen LogP) is 1.98. The first-order valence-electron chi connectivity index (χ1n) is 6.38. The quantitative estimate of drug-likeness (QED) is 0.852. The number of nitrogens with zero attached hydrogens (tertiary/aromatic N) is 1. The van der Waals surface area contributed by atoms with E-state index in [-0.39, 0.29) is 5.97 Å². The third kappa shape index (κ3) is 3.29. The number of aromatic nitrogens is 1. The number of hydrogen-bond acceptors (Lipinski definition) is 4. The summed E-state index contributed by atoms with van der Waals surface area (Å²) in [6.07, 6.45) is 0.475. The molecule has 2 N–H and O–H groups in total. The molecule has 4 nitrogen and oxygen atoms in total. The zero-order chi connectivity index (χ0) is 13.8. The van der Waals surface area contributed by atoms with Crippen molar-refractivity contribution >= 4 is 16.9 Å². The van der Waals surface area contributed by atoms with E-state index in [1.54, 1.807) is 6.92 Å². The molecule has 0 aliphatic rings. The van der Waals surface area contributed by atoms with Crippen molar-refractivity contribution in [3.05, 3.63) is 41.6 Å². The Morgan fingerprint density at radius 1 is 1.37 bits per heavy atom. The van der Waals surface area contributed by atoms with E-state index < -0.39 is 6.04 Å². The van der Waals surface area contributed by atoms with Gasteiger partial charge in [0.25, 0.3) is 0 Å². The molecule has 0 aliphatic heterocycles. The van der Waals surface area contributed by atoms with Gasteiger partial charge < -0.3 is 10.5 Å². The van der Waals surface area contributed by atoms with Crippen molar-refractivity contribution in [2.45, 2.75) is 26.3 Å². The van der Waals surface area contributed by atoms with Gasteiger partial charge in [-0.1, -0.05) is 12.1 Å². The van der Waals surface area contributed by atoms with Crippen molar-refractivity contribution in [3.8, 4) is 0 Å². The summed E-state index contributed by atoms with van der Waals surface area (Å²) in [5, 5.41) is 1.05. The minimum absolute atomic E-state index is 0.355. The van der Waals surface area contributed by atoms with Gasteiger partial charge in [-0.2, -0.15) is 0 Å². The summed E-state index contributed by atoms with van der Waals surface area (Å²) < 4.78 is 4.90. The minimum Gasteiger partial charge on any atom is -0.465 e. The van der Waals surface area contributed by atoms with Crippen LogP contribution in [0.15, 0.2) is 30.3 Å². The van der Waals surface area contributed by atoms with Gasteiger partial charge in [0, 0.05) is 11.1 Å². The van der Waals surface area contributed by atoms with E-state index >= 15 is 0 Å². The molecular weight excluding hydrogens is 240 g/mol. The standard InChI is InChI=1S/C15H18N2O2/c1-3-19-15(18)13(16)9-11-5-7-14-12(8-11)6-4-10(2)17-14/h4-8,13H,3,9,16H2,1-2H3. The Hall–Kier alpha value is -1.94. The van der Waals surface area contributed by atoms with E-state index in [2.05, 4.69) is 4.98 Å². The van der Waals surface area contributed by atoms with Crippen molar-refractivity contribution in [1.82, 2.24) is 4.98 Å². The Bertz CT molecular complexity index is 596. The van der Waals surface area contributed by atoms with Gasteiger partial charge in [0.05, 0.1) is 12.1 Å². The van der Waals surface area contributed by atoms with Gasteiger partial charge in [-0.15, -0.1) is 0 Å². The molecule has 100 valence electrons. The van der Waals surface area contributed by atoms with E-state index in [1.807, 2.05) is 37.3 Å². The van der Waals surface area contributed by atoms with Crippen LogP contribution in [0.25, 0.3) is 10.9 Å². The summed E-state index contributed by atoms with van der Waals surface area (Å²) in [6, 6.07) is 9.30. The highest BCUT2D eigenvalue weighted by Gasteiger charge is 2.15. The number of ether oxygens (including phenoxy) is 1. The first-order chi connectivity index (χ1) is 9.10. The van der Waals surface area contributed by atoms with Gasteiger partial charge >= 0.3 is 5.97 Å². The smallest absolute Gasteiger partial charge is 0.323 e. The number of esters is 1. The van der Waals surface area contributed by atoms with E-state index in [4.69, 9.17) is 10.5 Å². The number of benzene rings is 1. The van der Waals surface area contributed by atoms with Gasteiger partial charge in [0.15, 0.2) is 0 Å². The van der Waals surface area contributed by atoms with E-state index in [1.165, 1.54) is 0 Å². The molecule has 1 aromatic heterocycles. The van der Waals surface area contributed by atoms with Gasteiger partial charge in [-0.3, -0.25) is 9.78 Å². The maximum Gasteiger partial charge on any atom is 0.323 e. The Morgan fingerprint density at radius 3 is 2.89 bits per heavy atom. The fourth-order valence-corrected chi connectivity index (χ4v) is 1.99. The Labute approximate surface area is 112 Å². The average Bonchev–Trinajstić information content (AvgIpc) is 2.39. The summed E-state index contributed by atoms with van der Waals surface area (Å²) in [6.45, 7) is 4.09. The third-order valence-electron chi connectivity index (χ3n) is 2.94. The summed E-state index contributed by atoms with van der Waals surface area (Å²) in [7, 11) is 0. The second-order valence-corrected chi connectivity index (χ2v) is 4.54. The van der Waals surface area contributed by atoms with Crippen LogP contribution in [0.2, 0.25) is 0 Å². The summed E-state index contributed by atoms with van der Waals surface area (Å²) in [5.41, 5.74) is 8.77. The molecule has 1 unspecified atom stereocenters. The van der Waals surface area contributed by atoms with Crippen molar-refractivity contribution < 1.29 is 9.53 Å². The number of fused-ring (bicyclic) bond motifs is 1. The minimum atomic E-state index is -0.615. The second kappa shape index (κ2) is 5.80. The van der Waals surface area contributed by atoms with Crippen LogP contribution in [0.4, 0.5) is 0 Å². The lowest BCUT2D eigenvalue weighted by atomic mass is 10.0. The highest BCUT2D eigenvalue weighted by molar-refractivity contribution is 5.80. The second-order valence-electron chi connectivity index (χ2n) is 4.54. The average molecular weight is 258 g/mol. The monoisotopic (exact) mass is 258 g/mol. The lowest BCUT2D eigenvalue weighted by molar-refractivity contribution is -0.144. The van der Waals surface area contributed by atoms with Gasteiger partial charge in [-0.25, -0.2) is 0 Å². The summed E-state index contributed by atoms with van der Waals surface area (Å²) in [5.74, 6) is -0.357. The molecule has 1 atom stereocenters. The normalized spacial score (nSPS) is 12.4. The highest BCUT2D eigenvalue weighted by atomic mass is 16.5. The number of hydrogen-bond donors (Lipinski definition) is 1. The Kier molecular flexibility index (Phi) is 4.12. The molecule has 0 fully saturated rings. The van der Waals surface area contributed by atoms with E-state index in [9.17, 15) is 4.79 Å². The zero-order valence-electron chi connectivity index (χ0n) is 11.2. The lowest BCUT2D eigenvalue weighted by Crippen LogP contribution is -2.34. The molecular formula is C15H18N2O2. The van der Waals surface area contributed by atoms with Crippen LogP contribution in [-0.2, 0) is 16.0 Å².